The number of halogens is 1. The van der Waals surface area contributed by atoms with Crippen LogP contribution in [0.2, 0.25) is 0 Å². The molecule has 0 radical (unpaired) electrons. The number of hydrogen-bond donors (Lipinski definition) is 2. The van der Waals surface area contributed by atoms with Crippen LogP contribution in [-0.4, -0.2) is 16.5 Å². The van der Waals surface area contributed by atoms with Gasteiger partial charge in [-0.15, -0.1) is 0 Å². The van der Waals surface area contributed by atoms with E-state index in [1.165, 1.54) is 25.0 Å². The van der Waals surface area contributed by atoms with E-state index < -0.39 is 0 Å². The number of nitrogens with one attached hydrogen (secondary N) is 2. The summed E-state index contributed by atoms with van der Waals surface area (Å²) >= 11 is 0. The highest BCUT2D eigenvalue weighted by atomic mass is 19.1. The minimum Gasteiger partial charge on any atom is -0.356 e. The molecule has 1 aliphatic rings. The molecule has 1 heterocycles. The highest BCUT2D eigenvalue weighted by Gasteiger charge is 2.20. The van der Waals surface area contributed by atoms with Crippen LogP contribution in [0.1, 0.15) is 12.8 Å². The topological polar surface area (TPSA) is 40.7 Å². The Morgan fingerprint density at radius 2 is 2.33 bits per heavy atom. The summed E-state index contributed by atoms with van der Waals surface area (Å²) in [6.45, 7) is 0.961. The molecule has 78 valence electrons. The summed E-state index contributed by atoms with van der Waals surface area (Å²) in [6, 6.07) is 4.57. The van der Waals surface area contributed by atoms with E-state index in [1.807, 2.05) is 0 Å². The molecule has 1 aromatic carbocycles. The first-order valence-electron chi connectivity index (χ1n) is 5.20. The minimum absolute atomic E-state index is 0.236. The van der Waals surface area contributed by atoms with Gasteiger partial charge in [0.1, 0.15) is 5.82 Å². The predicted octanol–water partition coefficient (Wildman–Crippen LogP) is 2.52. The van der Waals surface area contributed by atoms with E-state index in [0.717, 1.165) is 29.4 Å². The first-order chi connectivity index (χ1) is 7.31. The molecule has 3 nitrogen and oxygen atoms in total. The van der Waals surface area contributed by atoms with Crippen LogP contribution >= 0.6 is 0 Å². The summed E-state index contributed by atoms with van der Waals surface area (Å²) in [6.07, 6.45) is 2.61. The lowest BCUT2D eigenvalue weighted by Crippen LogP contribution is -2.04. The van der Waals surface area contributed by atoms with Crippen LogP contribution in [0.5, 0.6) is 0 Å². The molecule has 1 aromatic heterocycles. The van der Waals surface area contributed by atoms with Gasteiger partial charge in [-0.1, -0.05) is 0 Å². The molecule has 15 heavy (non-hydrogen) atoms. The zero-order chi connectivity index (χ0) is 10.3. The van der Waals surface area contributed by atoms with E-state index in [1.54, 1.807) is 6.07 Å². The van der Waals surface area contributed by atoms with Crippen molar-refractivity contribution in [3.8, 4) is 0 Å². The minimum atomic E-state index is -0.236. The second-order valence-electron chi connectivity index (χ2n) is 4.07. The predicted molar refractivity (Wildman–Crippen MR) is 57.3 cm³/mol. The van der Waals surface area contributed by atoms with Gasteiger partial charge in [-0.2, -0.15) is 0 Å². The van der Waals surface area contributed by atoms with Gasteiger partial charge >= 0.3 is 0 Å². The van der Waals surface area contributed by atoms with Crippen molar-refractivity contribution >= 4 is 17.0 Å². The molecule has 3 rings (SSSR count). The Morgan fingerprint density at radius 1 is 1.47 bits per heavy atom. The number of aromatic nitrogens is 2. The lowest BCUT2D eigenvalue weighted by atomic mass is 10.3. The third kappa shape index (κ3) is 1.79. The second kappa shape index (κ2) is 3.22. The first kappa shape index (κ1) is 8.71. The summed E-state index contributed by atoms with van der Waals surface area (Å²) in [5.41, 5.74) is 1.54. The number of H-pyrrole nitrogens is 1. The molecule has 0 unspecified atom stereocenters. The van der Waals surface area contributed by atoms with Gasteiger partial charge in [-0.25, -0.2) is 9.37 Å². The van der Waals surface area contributed by atoms with Gasteiger partial charge in [0.2, 0.25) is 5.95 Å². The van der Waals surface area contributed by atoms with Crippen molar-refractivity contribution in [2.75, 3.05) is 11.9 Å². The van der Waals surface area contributed by atoms with Crippen LogP contribution in [0, 0.1) is 11.7 Å². The van der Waals surface area contributed by atoms with Gasteiger partial charge in [0.15, 0.2) is 0 Å². The van der Waals surface area contributed by atoms with Crippen LogP contribution in [0.3, 0.4) is 0 Å². The van der Waals surface area contributed by atoms with Crippen LogP contribution < -0.4 is 5.32 Å². The zero-order valence-corrected chi connectivity index (χ0v) is 8.26. The molecular formula is C11H12FN3. The third-order valence-corrected chi connectivity index (χ3v) is 2.70. The normalized spacial score (nSPS) is 15.8. The maximum Gasteiger partial charge on any atom is 0.201 e. The van der Waals surface area contributed by atoms with Crippen molar-refractivity contribution in [1.82, 2.24) is 9.97 Å². The van der Waals surface area contributed by atoms with Crippen LogP contribution in [0.4, 0.5) is 10.3 Å². The molecule has 0 bridgehead atoms. The Kier molecular flexibility index (Phi) is 1.87. The lowest BCUT2D eigenvalue weighted by Gasteiger charge is -1.98. The van der Waals surface area contributed by atoms with E-state index in [4.69, 9.17) is 0 Å². The molecule has 1 aliphatic carbocycles. The summed E-state index contributed by atoms with van der Waals surface area (Å²) < 4.78 is 12.9. The molecule has 0 saturated heterocycles. The SMILES string of the molecule is Fc1ccc2nc(NCC3CC3)[nH]c2c1. The fraction of sp³-hybridized carbons (Fsp3) is 0.364. The van der Waals surface area contributed by atoms with Crippen molar-refractivity contribution in [3.63, 3.8) is 0 Å². The van der Waals surface area contributed by atoms with E-state index in [9.17, 15) is 4.39 Å². The first-order valence-corrected chi connectivity index (χ1v) is 5.20. The molecule has 0 amide bonds. The Bertz CT molecular complexity index is 488. The summed E-state index contributed by atoms with van der Waals surface area (Å²) in [5.74, 6) is 1.30. The molecule has 2 N–H and O–H groups in total. The van der Waals surface area contributed by atoms with Crippen molar-refractivity contribution in [2.45, 2.75) is 12.8 Å². The number of nitrogens with zero attached hydrogens (tertiary/aromatic N) is 1. The summed E-state index contributed by atoms with van der Waals surface area (Å²) in [5, 5.41) is 3.23. The molecular weight excluding hydrogens is 193 g/mol. The molecule has 4 heteroatoms. The van der Waals surface area contributed by atoms with Crippen molar-refractivity contribution in [2.24, 2.45) is 5.92 Å². The molecule has 0 aliphatic heterocycles. The Balaban J connectivity index is 1.84. The second-order valence-corrected chi connectivity index (χ2v) is 4.07. The highest BCUT2D eigenvalue weighted by Crippen LogP contribution is 2.28. The van der Waals surface area contributed by atoms with Crippen molar-refractivity contribution in [1.29, 1.82) is 0 Å². The molecule has 1 fully saturated rings. The number of rotatable bonds is 3. The van der Waals surface area contributed by atoms with Crippen molar-refractivity contribution in [3.05, 3.63) is 24.0 Å². The highest BCUT2D eigenvalue weighted by molar-refractivity contribution is 5.77. The number of benzene rings is 1. The molecule has 0 atom stereocenters. The fourth-order valence-corrected chi connectivity index (χ4v) is 1.63. The summed E-state index contributed by atoms with van der Waals surface area (Å²) in [4.78, 5) is 7.38. The average Bonchev–Trinajstić information content (AvgIpc) is 2.95. The van der Waals surface area contributed by atoms with E-state index >= 15 is 0 Å². The van der Waals surface area contributed by atoms with Gasteiger partial charge in [-0.05, 0) is 37.0 Å². The van der Waals surface area contributed by atoms with Gasteiger partial charge in [0, 0.05) is 6.54 Å². The molecule has 0 spiro atoms. The quantitative estimate of drug-likeness (QED) is 0.808. The Labute approximate surface area is 86.7 Å². The number of fused-ring (bicyclic) bond motifs is 1. The Morgan fingerprint density at radius 3 is 3.13 bits per heavy atom. The van der Waals surface area contributed by atoms with Gasteiger partial charge in [0.05, 0.1) is 11.0 Å². The molecule has 1 saturated carbocycles. The summed E-state index contributed by atoms with van der Waals surface area (Å²) in [7, 11) is 0. The monoisotopic (exact) mass is 205 g/mol. The zero-order valence-electron chi connectivity index (χ0n) is 8.26. The van der Waals surface area contributed by atoms with Gasteiger partial charge < -0.3 is 10.3 Å². The van der Waals surface area contributed by atoms with Gasteiger partial charge in [0.25, 0.3) is 0 Å². The fourth-order valence-electron chi connectivity index (χ4n) is 1.63. The number of imidazole rings is 1. The number of anilines is 1. The Hall–Kier alpha value is -1.58. The van der Waals surface area contributed by atoms with Crippen LogP contribution in [0.25, 0.3) is 11.0 Å². The largest absolute Gasteiger partial charge is 0.356 e. The van der Waals surface area contributed by atoms with E-state index in [-0.39, 0.29) is 5.82 Å². The smallest absolute Gasteiger partial charge is 0.201 e. The van der Waals surface area contributed by atoms with Gasteiger partial charge in [-0.3, -0.25) is 0 Å². The standard InChI is InChI=1S/C11H12FN3/c12-8-3-4-9-10(5-8)15-11(14-9)13-6-7-1-2-7/h3-5,7H,1-2,6H2,(H2,13,14,15). The van der Waals surface area contributed by atoms with E-state index in [2.05, 4.69) is 15.3 Å². The maximum atomic E-state index is 12.9. The average molecular weight is 205 g/mol. The maximum absolute atomic E-state index is 12.9. The lowest BCUT2D eigenvalue weighted by molar-refractivity contribution is 0.629. The van der Waals surface area contributed by atoms with Crippen LogP contribution in [-0.2, 0) is 0 Å². The number of aromatic amines is 1. The molecule has 2 aromatic rings. The number of hydrogen-bond acceptors (Lipinski definition) is 2. The van der Waals surface area contributed by atoms with Crippen LogP contribution in [0.15, 0.2) is 18.2 Å². The van der Waals surface area contributed by atoms with E-state index in [0.29, 0.717) is 0 Å². The third-order valence-electron chi connectivity index (χ3n) is 2.70. The van der Waals surface area contributed by atoms with Crippen molar-refractivity contribution < 1.29 is 4.39 Å².